The molecular weight excluding hydrogens is 200 g/mol. The normalized spacial score (nSPS) is 27.0. The molecule has 0 N–H and O–H groups in total. The fourth-order valence-corrected chi connectivity index (χ4v) is 2.68. The number of hydrogen-bond donors (Lipinski definition) is 0. The lowest BCUT2D eigenvalue weighted by atomic mass is 9.91. The van der Waals surface area contributed by atoms with Gasteiger partial charge in [-0.3, -0.25) is 9.48 Å². The molecule has 3 heteroatoms. The van der Waals surface area contributed by atoms with Crippen LogP contribution in [0, 0.1) is 5.92 Å². The molecule has 0 saturated carbocycles. The van der Waals surface area contributed by atoms with Gasteiger partial charge in [0.15, 0.2) is 6.29 Å². The molecule has 1 aromatic rings. The Morgan fingerprint density at radius 1 is 1.44 bits per heavy atom. The van der Waals surface area contributed by atoms with E-state index in [0.717, 1.165) is 25.5 Å². The van der Waals surface area contributed by atoms with Crippen LogP contribution in [-0.2, 0) is 6.42 Å². The number of allylic oxidation sites excluding steroid dienone is 4. The molecule has 0 saturated heterocycles. The third kappa shape index (κ3) is 1.43. The van der Waals surface area contributed by atoms with Crippen LogP contribution in [0.2, 0.25) is 0 Å². The van der Waals surface area contributed by atoms with Crippen molar-refractivity contribution < 1.29 is 4.79 Å². The Morgan fingerprint density at radius 2 is 2.38 bits per heavy atom. The monoisotopic (exact) mass is 214 g/mol. The highest BCUT2D eigenvalue weighted by Crippen LogP contribution is 2.35. The first-order valence-corrected chi connectivity index (χ1v) is 5.75. The second-order valence-corrected chi connectivity index (χ2v) is 4.44. The fourth-order valence-electron chi connectivity index (χ4n) is 2.68. The average molecular weight is 214 g/mol. The topological polar surface area (TPSA) is 34.9 Å². The first kappa shape index (κ1) is 9.58. The summed E-state index contributed by atoms with van der Waals surface area (Å²) in [6.45, 7) is 0. The van der Waals surface area contributed by atoms with Gasteiger partial charge < -0.3 is 0 Å². The first-order chi connectivity index (χ1) is 7.88. The Morgan fingerprint density at radius 3 is 3.12 bits per heavy atom. The predicted molar refractivity (Wildman–Crippen MR) is 61.4 cm³/mol. The number of aryl methyl sites for hydroxylation is 1. The molecule has 3 rings (SSSR count). The molecule has 16 heavy (non-hydrogen) atoms. The van der Waals surface area contributed by atoms with Gasteiger partial charge >= 0.3 is 0 Å². The third-order valence-corrected chi connectivity index (χ3v) is 3.47. The van der Waals surface area contributed by atoms with E-state index in [9.17, 15) is 4.79 Å². The Hall–Kier alpha value is -1.64. The number of nitrogens with zero attached hydrogens (tertiary/aromatic N) is 2. The molecule has 2 atom stereocenters. The number of carbonyl (C=O) groups is 1. The summed E-state index contributed by atoms with van der Waals surface area (Å²) in [5.74, 6) is 0.533. The summed E-state index contributed by atoms with van der Waals surface area (Å²) in [5.41, 5.74) is 1.77. The molecule has 0 aromatic carbocycles. The highest BCUT2D eigenvalue weighted by atomic mass is 16.1. The summed E-state index contributed by atoms with van der Waals surface area (Å²) in [6, 6.07) is 2.35. The van der Waals surface area contributed by atoms with E-state index in [2.05, 4.69) is 34.1 Å². The van der Waals surface area contributed by atoms with Crippen LogP contribution in [0.25, 0.3) is 0 Å². The SMILES string of the molecule is O=Cc1cc2n(n1)C(C1C=CC=CC1)CC2. The van der Waals surface area contributed by atoms with E-state index >= 15 is 0 Å². The zero-order chi connectivity index (χ0) is 11.0. The number of fused-ring (bicyclic) bond motifs is 1. The molecule has 1 aliphatic carbocycles. The van der Waals surface area contributed by atoms with Gasteiger partial charge in [-0.1, -0.05) is 24.3 Å². The van der Waals surface area contributed by atoms with E-state index in [0.29, 0.717) is 17.7 Å². The van der Waals surface area contributed by atoms with Crippen LogP contribution in [0.1, 0.15) is 35.1 Å². The van der Waals surface area contributed by atoms with Crippen molar-refractivity contribution in [2.45, 2.75) is 25.3 Å². The molecule has 0 bridgehead atoms. The molecule has 1 aromatic heterocycles. The minimum absolute atomic E-state index is 0.435. The number of hydrogen-bond acceptors (Lipinski definition) is 2. The van der Waals surface area contributed by atoms with Crippen molar-refractivity contribution >= 4 is 6.29 Å². The van der Waals surface area contributed by atoms with Gasteiger partial charge in [0.25, 0.3) is 0 Å². The average Bonchev–Trinajstić information content (AvgIpc) is 2.88. The summed E-state index contributed by atoms with van der Waals surface area (Å²) >= 11 is 0. The lowest BCUT2D eigenvalue weighted by molar-refractivity contribution is 0.111. The van der Waals surface area contributed by atoms with Crippen molar-refractivity contribution in [2.75, 3.05) is 0 Å². The molecular formula is C13H14N2O. The first-order valence-electron chi connectivity index (χ1n) is 5.75. The van der Waals surface area contributed by atoms with E-state index in [1.165, 1.54) is 5.69 Å². The molecule has 1 aliphatic heterocycles. The summed E-state index contributed by atoms with van der Waals surface area (Å²) in [4.78, 5) is 10.7. The van der Waals surface area contributed by atoms with Gasteiger partial charge in [-0.25, -0.2) is 0 Å². The van der Waals surface area contributed by atoms with Crippen molar-refractivity contribution in [3.05, 3.63) is 41.8 Å². The van der Waals surface area contributed by atoms with Crippen molar-refractivity contribution in [3.63, 3.8) is 0 Å². The van der Waals surface area contributed by atoms with Crippen LogP contribution in [0.3, 0.4) is 0 Å². The quantitative estimate of drug-likeness (QED) is 0.708. The van der Waals surface area contributed by atoms with Gasteiger partial charge in [0.2, 0.25) is 0 Å². The molecule has 82 valence electrons. The van der Waals surface area contributed by atoms with Crippen molar-refractivity contribution in [3.8, 4) is 0 Å². The highest BCUT2D eigenvalue weighted by Gasteiger charge is 2.29. The molecule has 3 nitrogen and oxygen atoms in total. The Balaban J connectivity index is 1.89. The Labute approximate surface area is 94.5 Å². The lowest BCUT2D eigenvalue weighted by Crippen LogP contribution is -2.16. The van der Waals surface area contributed by atoms with Crippen LogP contribution in [0.4, 0.5) is 0 Å². The number of carbonyl (C=O) groups excluding carboxylic acids is 1. The number of rotatable bonds is 2. The van der Waals surface area contributed by atoms with E-state index in [1.54, 1.807) is 0 Å². The van der Waals surface area contributed by atoms with Crippen LogP contribution < -0.4 is 0 Å². The summed E-state index contributed by atoms with van der Waals surface area (Å²) in [5, 5.41) is 4.36. The maximum atomic E-state index is 10.7. The zero-order valence-electron chi connectivity index (χ0n) is 9.04. The summed E-state index contributed by atoms with van der Waals surface area (Å²) in [7, 11) is 0. The van der Waals surface area contributed by atoms with Gasteiger partial charge in [0, 0.05) is 11.6 Å². The predicted octanol–water partition coefficient (Wildman–Crippen LogP) is 2.32. The maximum absolute atomic E-state index is 10.7. The van der Waals surface area contributed by atoms with E-state index in [1.807, 2.05) is 6.07 Å². The zero-order valence-corrected chi connectivity index (χ0v) is 9.04. The number of aromatic nitrogens is 2. The molecule has 2 aliphatic rings. The van der Waals surface area contributed by atoms with Gasteiger partial charge in [-0.05, 0) is 25.3 Å². The standard InChI is InChI=1S/C13H14N2O/c16-9-11-8-12-6-7-13(15(12)14-11)10-4-2-1-3-5-10/h1-4,8-10,13H,5-7H2. The second-order valence-electron chi connectivity index (χ2n) is 4.44. The summed E-state index contributed by atoms with van der Waals surface area (Å²) in [6.07, 6.45) is 12.7. The minimum atomic E-state index is 0.435. The Bertz CT molecular complexity index is 470. The lowest BCUT2D eigenvalue weighted by Gasteiger charge is -2.21. The highest BCUT2D eigenvalue weighted by molar-refractivity contribution is 5.71. The van der Waals surface area contributed by atoms with Crippen LogP contribution >= 0.6 is 0 Å². The smallest absolute Gasteiger partial charge is 0.170 e. The minimum Gasteiger partial charge on any atom is -0.296 e. The van der Waals surface area contributed by atoms with Crippen molar-refractivity contribution in [1.29, 1.82) is 0 Å². The van der Waals surface area contributed by atoms with Crippen LogP contribution in [0.5, 0.6) is 0 Å². The molecule has 2 heterocycles. The van der Waals surface area contributed by atoms with E-state index in [-0.39, 0.29) is 0 Å². The van der Waals surface area contributed by atoms with Crippen molar-refractivity contribution in [2.24, 2.45) is 5.92 Å². The molecule has 0 fully saturated rings. The molecule has 0 amide bonds. The van der Waals surface area contributed by atoms with Crippen LogP contribution in [-0.4, -0.2) is 16.1 Å². The molecule has 0 spiro atoms. The van der Waals surface area contributed by atoms with Gasteiger partial charge in [-0.2, -0.15) is 5.10 Å². The maximum Gasteiger partial charge on any atom is 0.170 e. The summed E-state index contributed by atoms with van der Waals surface area (Å²) < 4.78 is 2.05. The van der Waals surface area contributed by atoms with E-state index < -0.39 is 0 Å². The van der Waals surface area contributed by atoms with Crippen molar-refractivity contribution in [1.82, 2.24) is 9.78 Å². The van der Waals surface area contributed by atoms with Gasteiger partial charge in [-0.15, -0.1) is 0 Å². The molecule has 0 radical (unpaired) electrons. The number of aldehydes is 1. The van der Waals surface area contributed by atoms with Gasteiger partial charge in [0.05, 0.1) is 6.04 Å². The Kier molecular flexibility index (Phi) is 2.24. The second kappa shape index (κ2) is 3.74. The fraction of sp³-hybridized carbons (Fsp3) is 0.385. The van der Waals surface area contributed by atoms with E-state index in [4.69, 9.17) is 0 Å². The third-order valence-electron chi connectivity index (χ3n) is 3.47. The van der Waals surface area contributed by atoms with Gasteiger partial charge in [0.1, 0.15) is 5.69 Å². The molecule has 2 unspecified atom stereocenters. The largest absolute Gasteiger partial charge is 0.296 e. The van der Waals surface area contributed by atoms with Crippen LogP contribution in [0.15, 0.2) is 30.4 Å².